The highest BCUT2D eigenvalue weighted by Gasteiger charge is 2.18. The second kappa shape index (κ2) is 7.16. The van der Waals surface area contributed by atoms with Crippen molar-refractivity contribution in [2.45, 2.75) is 17.9 Å². The maximum absolute atomic E-state index is 10.9. The summed E-state index contributed by atoms with van der Waals surface area (Å²) in [6.07, 6.45) is 0. The monoisotopic (exact) mass is 395 g/mol. The summed E-state index contributed by atoms with van der Waals surface area (Å²) < 4.78 is 1.84. The molecule has 0 bridgehead atoms. The van der Waals surface area contributed by atoms with Gasteiger partial charge in [-0.15, -0.1) is 11.8 Å². The number of rotatable bonds is 5. The third-order valence-electron chi connectivity index (χ3n) is 1.98. The molecule has 98 valence electrons. The number of amides is 1. The van der Waals surface area contributed by atoms with Crippen LogP contribution in [0.3, 0.4) is 0 Å². The second-order valence-electron chi connectivity index (χ2n) is 3.48. The Labute approximate surface area is 126 Å². The number of carbonyl (C=O) groups is 2. The van der Waals surface area contributed by atoms with Crippen molar-refractivity contribution < 1.29 is 14.7 Å². The van der Waals surface area contributed by atoms with Crippen molar-refractivity contribution in [3.05, 3.63) is 27.1 Å². The van der Waals surface area contributed by atoms with E-state index in [1.807, 2.05) is 18.2 Å². The Kier molecular flexibility index (Phi) is 6.17. The fourth-order valence-electron chi connectivity index (χ4n) is 1.17. The van der Waals surface area contributed by atoms with Gasteiger partial charge in [-0.05, 0) is 50.1 Å². The predicted molar refractivity (Wildman–Crippen MR) is 77.8 cm³/mol. The molecule has 1 atom stereocenters. The Morgan fingerprint density at radius 2 is 2.06 bits per heavy atom. The number of hydrogen-bond acceptors (Lipinski definition) is 3. The Bertz CT molecular complexity index is 468. The van der Waals surface area contributed by atoms with E-state index in [1.165, 1.54) is 18.7 Å². The van der Waals surface area contributed by atoms with Gasteiger partial charge in [0, 0.05) is 26.5 Å². The van der Waals surface area contributed by atoms with Gasteiger partial charge in [0.1, 0.15) is 6.04 Å². The van der Waals surface area contributed by atoms with E-state index in [1.54, 1.807) is 0 Å². The molecule has 1 amide bonds. The van der Waals surface area contributed by atoms with Crippen molar-refractivity contribution in [1.29, 1.82) is 0 Å². The molecule has 7 heteroatoms. The molecule has 1 unspecified atom stereocenters. The average Bonchev–Trinajstić information content (AvgIpc) is 2.28. The highest BCUT2D eigenvalue weighted by molar-refractivity contribution is 9.13. The van der Waals surface area contributed by atoms with E-state index in [9.17, 15) is 9.59 Å². The van der Waals surface area contributed by atoms with Crippen LogP contribution in [0.5, 0.6) is 0 Å². The van der Waals surface area contributed by atoms with Crippen LogP contribution >= 0.6 is 43.6 Å². The quantitative estimate of drug-likeness (QED) is 0.751. The van der Waals surface area contributed by atoms with Crippen molar-refractivity contribution in [1.82, 2.24) is 5.32 Å². The van der Waals surface area contributed by atoms with Gasteiger partial charge in [-0.25, -0.2) is 4.79 Å². The summed E-state index contributed by atoms with van der Waals surface area (Å²) in [5, 5.41) is 11.3. The summed E-state index contributed by atoms with van der Waals surface area (Å²) >= 11 is 8.11. The van der Waals surface area contributed by atoms with Gasteiger partial charge in [0.25, 0.3) is 0 Å². The third kappa shape index (κ3) is 4.99. The van der Waals surface area contributed by atoms with Crippen LogP contribution in [0.1, 0.15) is 6.92 Å². The molecular weight excluding hydrogens is 386 g/mol. The Hall–Kier alpha value is -0.530. The highest BCUT2D eigenvalue weighted by atomic mass is 79.9. The molecule has 1 rings (SSSR count). The minimum Gasteiger partial charge on any atom is -0.480 e. The minimum absolute atomic E-state index is 0.281. The van der Waals surface area contributed by atoms with Gasteiger partial charge in [0.15, 0.2) is 0 Å². The molecule has 0 heterocycles. The summed E-state index contributed by atoms with van der Waals surface area (Å²) in [5.41, 5.74) is 0. The average molecular weight is 397 g/mol. The molecule has 2 N–H and O–H groups in total. The number of aliphatic carboxylic acids is 1. The number of carboxylic acids is 1. The van der Waals surface area contributed by atoms with E-state index < -0.39 is 12.0 Å². The zero-order valence-corrected chi connectivity index (χ0v) is 13.4. The van der Waals surface area contributed by atoms with E-state index in [4.69, 9.17) is 5.11 Å². The lowest BCUT2D eigenvalue weighted by molar-refractivity contribution is -0.140. The lowest BCUT2D eigenvalue weighted by atomic mass is 10.3. The Morgan fingerprint density at radius 1 is 1.39 bits per heavy atom. The smallest absolute Gasteiger partial charge is 0.327 e. The number of benzene rings is 1. The zero-order valence-electron chi connectivity index (χ0n) is 9.44. The van der Waals surface area contributed by atoms with Gasteiger partial charge in [0.2, 0.25) is 5.91 Å². The van der Waals surface area contributed by atoms with Crippen LogP contribution in [0, 0.1) is 0 Å². The zero-order chi connectivity index (χ0) is 13.7. The molecule has 0 aliphatic carbocycles. The lowest BCUT2D eigenvalue weighted by Gasteiger charge is -2.12. The van der Waals surface area contributed by atoms with Gasteiger partial charge < -0.3 is 10.4 Å². The number of nitrogens with one attached hydrogen (secondary N) is 1. The largest absolute Gasteiger partial charge is 0.480 e. The lowest BCUT2D eigenvalue weighted by Crippen LogP contribution is -2.41. The topological polar surface area (TPSA) is 66.4 Å². The molecule has 0 aliphatic rings. The molecule has 0 saturated carbocycles. The molecule has 1 aromatic rings. The molecule has 0 saturated heterocycles. The summed E-state index contributed by atoms with van der Waals surface area (Å²) in [7, 11) is 0. The first-order valence-electron chi connectivity index (χ1n) is 4.98. The molecule has 1 aromatic carbocycles. The number of carbonyl (C=O) groups excluding carboxylic acids is 1. The number of thioether (sulfide) groups is 1. The van der Waals surface area contributed by atoms with Crippen molar-refractivity contribution in [2.75, 3.05) is 5.75 Å². The van der Waals surface area contributed by atoms with Gasteiger partial charge in [-0.2, -0.15) is 0 Å². The standard InChI is InChI=1S/C11H11Br2NO3S/c1-6(15)14-10(11(16)17)5-18-7-2-3-8(12)9(13)4-7/h2-4,10H,5H2,1H3,(H,14,15)(H,16,17). The van der Waals surface area contributed by atoms with Crippen LogP contribution in [-0.4, -0.2) is 28.8 Å². The molecule has 0 aliphatic heterocycles. The SMILES string of the molecule is CC(=O)NC(CSc1ccc(Br)c(Br)c1)C(=O)O. The molecule has 0 radical (unpaired) electrons. The predicted octanol–water partition coefficient (Wildman–Crippen LogP) is 2.89. The second-order valence-corrected chi connectivity index (χ2v) is 6.28. The fourth-order valence-corrected chi connectivity index (χ4v) is 2.89. The molecule has 18 heavy (non-hydrogen) atoms. The number of hydrogen-bond donors (Lipinski definition) is 2. The van der Waals surface area contributed by atoms with E-state index >= 15 is 0 Å². The van der Waals surface area contributed by atoms with E-state index in [0.717, 1.165) is 13.8 Å². The van der Waals surface area contributed by atoms with Crippen LogP contribution in [-0.2, 0) is 9.59 Å². The number of carboxylic acid groups (broad SMARTS) is 1. The third-order valence-corrected chi connectivity index (χ3v) is 4.95. The minimum atomic E-state index is -1.03. The van der Waals surface area contributed by atoms with Crippen LogP contribution in [0.25, 0.3) is 0 Å². The normalized spacial score (nSPS) is 11.9. The van der Waals surface area contributed by atoms with Gasteiger partial charge in [-0.3, -0.25) is 4.79 Å². The molecule has 0 aromatic heterocycles. The summed E-state index contributed by atoms with van der Waals surface area (Å²) in [4.78, 5) is 22.7. The fraction of sp³-hybridized carbons (Fsp3) is 0.273. The number of halogens is 2. The van der Waals surface area contributed by atoms with Crippen LogP contribution in [0.15, 0.2) is 32.0 Å². The summed E-state index contributed by atoms with van der Waals surface area (Å²) in [6.45, 7) is 1.30. The summed E-state index contributed by atoms with van der Waals surface area (Å²) in [6, 6.07) is 4.77. The molecule has 0 fully saturated rings. The van der Waals surface area contributed by atoms with Gasteiger partial charge in [0.05, 0.1) is 0 Å². The van der Waals surface area contributed by atoms with Gasteiger partial charge in [-0.1, -0.05) is 0 Å². The Morgan fingerprint density at radius 3 is 2.56 bits per heavy atom. The van der Waals surface area contributed by atoms with Crippen LogP contribution < -0.4 is 5.32 Å². The molecule has 4 nitrogen and oxygen atoms in total. The van der Waals surface area contributed by atoms with E-state index in [-0.39, 0.29) is 11.7 Å². The van der Waals surface area contributed by atoms with E-state index in [0.29, 0.717) is 0 Å². The molecular formula is C11H11Br2NO3S. The van der Waals surface area contributed by atoms with E-state index in [2.05, 4.69) is 37.2 Å². The van der Waals surface area contributed by atoms with Crippen molar-refractivity contribution in [3.63, 3.8) is 0 Å². The highest BCUT2D eigenvalue weighted by Crippen LogP contribution is 2.28. The van der Waals surface area contributed by atoms with Crippen LogP contribution in [0.2, 0.25) is 0 Å². The van der Waals surface area contributed by atoms with Crippen molar-refractivity contribution in [3.8, 4) is 0 Å². The maximum Gasteiger partial charge on any atom is 0.327 e. The summed E-state index contributed by atoms with van der Waals surface area (Å²) in [5.74, 6) is -1.10. The first kappa shape index (κ1) is 15.5. The first-order valence-corrected chi connectivity index (χ1v) is 7.55. The van der Waals surface area contributed by atoms with Crippen LogP contribution in [0.4, 0.5) is 0 Å². The van der Waals surface area contributed by atoms with Crippen molar-refractivity contribution in [2.24, 2.45) is 0 Å². The Balaban J connectivity index is 2.64. The van der Waals surface area contributed by atoms with Gasteiger partial charge >= 0.3 is 5.97 Å². The maximum atomic E-state index is 10.9. The van der Waals surface area contributed by atoms with Crippen molar-refractivity contribution >= 4 is 55.5 Å². The first-order chi connectivity index (χ1) is 8.40. The molecule has 0 spiro atoms.